The second-order valence-electron chi connectivity index (χ2n) is 4.78. The third-order valence-electron chi connectivity index (χ3n) is 3.54. The molecular weight excluding hydrogens is 276 g/mol. The molecule has 0 saturated carbocycles. The predicted octanol–water partition coefficient (Wildman–Crippen LogP) is 4.09. The first-order chi connectivity index (χ1) is 9.29. The van der Waals surface area contributed by atoms with E-state index in [2.05, 4.69) is 6.92 Å². The Balaban J connectivity index is 1.87. The highest BCUT2D eigenvalue weighted by Gasteiger charge is 2.33. The van der Waals surface area contributed by atoms with E-state index in [4.69, 9.17) is 4.42 Å². The molecule has 1 aromatic heterocycles. The Kier molecular flexibility index (Phi) is 4.10. The topological polar surface area (TPSA) is 33.4 Å². The van der Waals surface area contributed by atoms with E-state index in [9.17, 15) is 5.11 Å². The van der Waals surface area contributed by atoms with E-state index in [1.807, 2.05) is 53.9 Å². The maximum atomic E-state index is 10.6. The van der Waals surface area contributed by atoms with Gasteiger partial charge in [-0.25, -0.2) is 0 Å². The smallest absolute Gasteiger partial charge is 0.134 e. The fraction of sp³-hybridized carbons (Fsp3) is 0.467. The van der Waals surface area contributed by atoms with Gasteiger partial charge >= 0.3 is 0 Å². The van der Waals surface area contributed by atoms with Crippen molar-refractivity contribution in [1.82, 2.24) is 0 Å². The average molecular weight is 294 g/mol. The number of benzene rings is 1. The van der Waals surface area contributed by atoms with Crippen LogP contribution in [0, 0.1) is 0 Å². The lowest BCUT2D eigenvalue weighted by Crippen LogP contribution is -2.30. The number of para-hydroxylation sites is 1. The van der Waals surface area contributed by atoms with Crippen molar-refractivity contribution in [2.24, 2.45) is 0 Å². The highest BCUT2D eigenvalue weighted by Crippen LogP contribution is 2.41. The molecule has 0 spiro atoms. The number of furan rings is 1. The van der Waals surface area contributed by atoms with Gasteiger partial charge in [-0.15, -0.1) is 0 Å². The van der Waals surface area contributed by atoms with Gasteiger partial charge in [-0.05, 0) is 18.6 Å². The van der Waals surface area contributed by atoms with Crippen LogP contribution in [0.4, 0.5) is 0 Å². The van der Waals surface area contributed by atoms with Crippen LogP contribution in [0.25, 0.3) is 11.0 Å². The van der Waals surface area contributed by atoms with E-state index in [1.54, 1.807) is 0 Å². The summed E-state index contributed by atoms with van der Waals surface area (Å²) in [6.45, 7) is 2.20. The molecule has 1 N–H and O–H groups in total. The van der Waals surface area contributed by atoms with Gasteiger partial charge in [0.15, 0.2) is 0 Å². The summed E-state index contributed by atoms with van der Waals surface area (Å²) in [6.07, 6.45) is 0.592. The largest absolute Gasteiger partial charge is 0.458 e. The molecular formula is C15H18O2S2. The maximum absolute atomic E-state index is 10.6. The summed E-state index contributed by atoms with van der Waals surface area (Å²) in [6, 6.07) is 9.91. The van der Waals surface area contributed by atoms with Crippen molar-refractivity contribution in [2.75, 3.05) is 11.5 Å². The Labute approximate surface area is 121 Å². The molecule has 4 heteroatoms. The number of aliphatic hydroxyl groups is 1. The van der Waals surface area contributed by atoms with Crippen LogP contribution in [0.15, 0.2) is 34.7 Å². The lowest BCUT2D eigenvalue weighted by Gasteiger charge is -2.32. The first kappa shape index (κ1) is 13.4. The third kappa shape index (κ3) is 2.67. The Morgan fingerprint density at radius 1 is 1.32 bits per heavy atom. The van der Waals surface area contributed by atoms with Crippen molar-refractivity contribution >= 4 is 34.5 Å². The fourth-order valence-electron chi connectivity index (χ4n) is 2.54. The van der Waals surface area contributed by atoms with E-state index in [-0.39, 0.29) is 5.25 Å². The number of aliphatic hydroxyl groups excluding tert-OH is 1. The van der Waals surface area contributed by atoms with E-state index < -0.39 is 6.10 Å². The van der Waals surface area contributed by atoms with Gasteiger partial charge in [0.25, 0.3) is 0 Å². The van der Waals surface area contributed by atoms with E-state index in [0.29, 0.717) is 11.0 Å². The minimum atomic E-state index is -0.504. The molecule has 1 aliphatic heterocycles. The van der Waals surface area contributed by atoms with Crippen LogP contribution in [0.3, 0.4) is 0 Å². The van der Waals surface area contributed by atoms with Gasteiger partial charge in [0.1, 0.15) is 17.4 Å². The van der Waals surface area contributed by atoms with Gasteiger partial charge in [0.2, 0.25) is 0 Å². The summed E-state index contributed by atoms with van der Waals surface area (Å²) in [5, 5.41) is 12.4. The summed E-state index contributed by atoms with van der Waals surface area (Å²) in [5.74, 6) is 3.01. The Morgan fingerprint density at radius 3 is 2.89 bits per heavy atom. The first-order valence-electron chi connectivity index (χ1n) is 6.69. The molecule has 102 valence electrons. The van der Waals surface area contributed by atoms with Crippen molar-refractivity contribution in [3.05, 3.63) is 36.1 Å². The van der Waals surface area contributed by atoms with E-state index in [0.717, 1.165) is 23.1 Å². The zero-order valence-corrected chi connectivity index (χ0v) is 12.5. The Morgan fingerprint density at radius 2 is 2.11 bits per heavy atom. The molecule has 1 aromatic carbocycles. The summed E-state index contributed by atoms with van der Waals surface area (Å²) in [7, 11) is 0. The maximum Gasteiger partial charge on any atom is 0.134 e. The standard InChI is InChI=1S/C15H18O2S2/c1-2-13-15(19-8-7-18-13)14(16)12-9-10-5-3-4-6-11(10)17-12/h3-6,9,13-16H,2,7-8H2,1H3. The average Bonchev–Trinajstić information content (AvgIpc) is 2.90. The first-order valence-corrected chi connectivity index (χ1v) is 8.79. The normalized spacial score (nSPS) is 25.6. The zero-order chi connectivity index (χ0) is 13.2. The quantitative estimate of drug-likeness (QED) is 0.924. The van der Waals surface area contributed by atoms with Crippen LogP contribution in [-0.2, 0) is 0 Å². The molecule has 2 aromatic rings. The molecule has 3 unspecified atom stereocenters. The Bertz CT molecular complexity index is 519. The van der Waals surface area contributed by atoms with Crippen LogP contribution in [0.1, 0.15) is 25.2 Å². The second kappa shape index (κ2) is 5.81. The van der Waals surface area contributed by atoms with Crippen molar-refractivity contribution in [1.29, 1.82) is 0 Å². The molecule has 0 bridgehead atoms. The van der Waals surface area contributed by atoms with Crippen LogP contribution >= 0.6 is 23.5 Å². The second-order valence-corrected chi connectivity index (χ2v) is 7.42. The lowest BCUT2D eigenvalue weighted by atomic mass is 10.1. The van der Waals surface area contributed by atoms with Gasteiger partial charge in [-0.3, -0.25) is 0 Å². The molecule has 1 saturated heterocycles. The monoisotopic (exact) mass is 294 g/mol. The fourth-order valence-corrected chi connectivity index (χ4v) is 5.65. The van der Waals surface area contributed by atoms with E-state index >= 15 is 0 Å². The van der Waals surface area contributed by atoms with Crippen LogP contribution in [0.2, 0.25) is 0 Å². The van der Waals surface area contributed by atoms with Gasteiger partial charge in [0.05, 0.1) is 0 Å². The molecule has 1 fully saturated rings. The van der Waals surface area contributed by atoms with Crippen LogP contribution in [0.5, 0.6) is 0 Å². The highest BCUT2D eigenvalue weighted by molar-refractivity contribution is 8.07. The SMILES string of the molecule is CCC1SCCSC1C(O)c1cc2ccccc2o1. The van der Waals surface area contributed by atoms with Crippen molar-refractivity contribution in [2.45, 2.75) is 29.9 Å². The molecule has 1 aliphatic rings. The molecule has 0 amide bonds. The minimum absolute atomic E-state index is 0.240. The van der Waals surface area contributed by atoms with Crippen LogP contribution in [-0.4, -0.2) is 27.1 Å². The number of fused-ring (bicyclic) bond motifs is 1. The van der Waals surface area contributed by atoms with Crippen molar-refractivity contribution < 1.29 is 9.52 Å². The number of rotatable bonds is 3. The predicted molar refractivity (Wildman–Crippen MR) is 84.0 cm³/mol. The van der Waals surface area contributed by atoms with Crippen molar-refractivity contribution in [3.63, 3.8) is 0 Å². The lowest BCUT2D eigenvalue weighted by molar-refractivity contribution is 0.147. The van der Waals surface area contributed by atoms with Gasteiger partial charge in [-0.2, -0.15) is 23.5 Å². The molecule has 2 heterocycles. The van der Waals surface area contributed by atoms with Crippen LogP contribution < -0.4 is 0 Å². The summed E-state index contributed by atoms with van der Waals surface area (Å²) < 4.78 is 5.80. The molecule has 2 nitrogen and oxygen atoms in total. The summed E-state index contributed by atoms with van der Waals surface area (Å²) in [4.78, 5) is 0. The van der Waals surface area contributed by atoms with Gasteiger partial charge in [0, 0.05) is 27.4 Å². The molecule has 0 aliphatic carbocycles. The van der Waals surface area contributed by atoms with Gasteiger partial charge < -0.3 is 9.52 Å². The number of hydrogen-bond donors (Lipinski definition) is 1. The number of hydrogen-bond acceptors (Lipinski definition) is 4. The Hall–Kier alpha value is -0.580. The molecule has 19 heavy (non-hydrogen) atoms. The van der Waals surface area contributed by atoms with Crippen molar-refractivity contribution in [3.8, 4) is 0 Å². The molecule has 0 radical (unpaired) electrons. The molecule has 3 atom stereocenters. The van der Waals surface area contributed by atoms with Gasteiger partial charge in [-0.1, -0.05) is 25.1 Å². The minimum Gasteiger partial charge on any atom is -0.458 e. The number of thioether (sulfide) groups is 2. The molecule has 3 rings (SSSR count). The summed E-state index contributed by atoms with van der Waals surface area (Å²) >= 11 is 3.86. The van der Waals surface area contributed by atoms with E-state index in [1.165, 1.54) is 5.75 Å². The third-order valence-corrected chi connectivity index (χ3v) is 6.88. The zero-order valence-electron chi connectivity index (χ0n) is 10.9. The highest BCUT2D eigenvalue weighted by atomic mass is 32.2. The summed E-state index contributed by atoms with van der Waals surface area (Å²) in [5.41, 5.74) is 0.859.